The van der Waals surface area contributed by atoms with Crippen LogP contribution >= 0.6 is 0 Å². The predicted octanol–water partition coefficient (Wildman–Crippen LogP) is 5.80. The lowest BCUT2D eigenvalue weighted by atomic mass is 9.82. The van der Waals surface area contributed by atoms with Crippen LogP contribution in [-0.4, -0.2) is 32.6 Å². The number of halogens is 2. The van der Waals surface area contributed by atoms with Crippen LogP contribution in [0.3, 0.4) is 0 Å². The minimum Gasteiger partial charge on any atom is -0.481 e. The molecule has 1 fully saturated rings. The zero-order valence-electron chi connectivity index (χ0n) is 21.0. The van der Waals surface area contributed by atoms with Crippen LogP contribution in [0.25, 0.3) is 11.3 Å². The van der Waals surface area contributed by atoms with Crippen molar-refractivity contribution in [3.05, 3.63) is 64.7 Å². The van der Waals surface area contributed by atoms with Gasteiger partial charge in [0.15, 0.2) is 17.4 Å². The zero-order valence-corrected chi connectivity index (χ0v) is 21.0. The summed E-state index contributed by atoms with van der Waals surface area (Å²) in [6.45, 7) is 5.58. The summed E-state index contributed by atoms with van der Waals surface area (Å²) < 4.78 is 41.8. The Hall–Kier alpha value is -3.62. The van der Waals surface area contributed by atoms with Crippen molar-refractivity contribution in [3.63, 3.8) is 0 Å². The van der Waals surface area contributed by atoms with Crippen molar-refractivity contribution in [1.29, 1.82) is 0 Å². The van der Waals surface area contributed by atoms with Gasteiger partial charge in [0.05, 0.1) is 42.0 Å². The van der Waals surface area contributed by atoms with E-state index < -0.39 is 35.5 Å². The third-order valence-electron chi connectivity index (χ3n) is 7.23. The summed E-state index contributed by atoms with van der Waals surface area (Å²) in [6.07, 6.45) is 5.04. The van der Waals surface area contributed by atoms with E-state index in [0.717, 1.165) is 24.6 Å². The Balaban J connectivity index is 1.43. The minimum absolute atomic E-state index is 0.155. The SMILES string of the molecule is CCOc1cc(-c2ncc(C3CCc4ccc([C@H](C5CC5)[C@H](C)C(=O)O)c(F)c4O3)nc2C)c(F)cn1. The molecule has 0 saturated heterocycles. The maximum Gasteiger partial charge on any atom is 0.306 e. The Morgan fingerprint density at radius 2 is 2.00 bits per heavy atom. The smallest absolute Gasteiger partial charge is 0.306 e. The molecule has 1 aliphatic carbocycles. The molecule has 1 aromatic carbocycles. The molecule has 194 valence electrons. The molecule has 9 heteroatoms. The fraction of sp³-hybridized carbons (Fsp3) is 0.429. The molecule has 5 rings (SSSR count). The van der Waals surface area contributed by atoms with Crippen molar-refractivity contribution in [3.8, 4) is 22.9 Å². The minimum atomic E-state index is -0.933. The molecule has 1 N–H and O–H groups in total. The first kappa shape index (κ1) is 25.0. The summed E-state index contributed by atoms with van der Waals surface area (Å²) in [5.74, 6) is -2.44. The normalized spacial score (nSPS) is 18.5. The number of fused-ring (bicyclic) bond motifs is 1. The van der Waals surface area contributed by atoms with Gasteiger partial charge in [0.2, 0.25) is 5.88 Å². The number of aromatic nitrogens is 3. The van der Waals surface area contributed by atoms with Gasteiger partial charge in [0.25, 0.3) is 0 Å². The average molecular weight is 510 g/mol. The van der Waals surface area contributed by atoms with Crippen molar-refractivity contribution in [2.45, 2.75) is 58.5 Å². The number of aryl methyl sites for hydroxylation is 2. The van der Waals surface area contributed by atoms with Crippen molar-refractivity contribution < 1.29 is 28.2 Å². The van der Waals surface area contributed by atoms with Crippen LogP contribution < -0.4 is 9.47 Å². The molecule has 7 nitrogen and oxygen atoms in total. The maximum absolute atomic E-state index is 15.8. The van der Waals surface area contributed by atoms with Crippen LogP contribution in [0.4, 0.5) is 8.78 Å². The van der Waals surface area contributed by atoms with E-state index in [0.29, 0.717) is 48.0 Å². The van der Waals surface area contributed by atoms with E-state index >= 15 is 4.39 Å². The van der Waals surface area contributed by atoms with Gasteiger partial charge in [-0.15, -0.1) is 0 Å². The van der Waals surface area contributed by atoms with Gasteiger partial charge < -0.3 is 14.6 Å². The van der Waals surface area contributed by atoms with Crippen LogP contribution in [0.2, 0.25) is 0 Å². The van der Waals surface area contributed by atoms with E-state index in [-0.39, 0.29) is 17.2 Å². The Labute approximate surface area is 213 Å². The van der Waals surface area contributed by atoms with Gasteiger partial charge in [-0.1, -0.05) is 19.1 Å². The van der Waals surface area contributed by atoms with Gasteiger partial charge in [0.1, 0.15) is 6.10 Å². The lowest BCUT2D eigenvalue weighted by molar-refractivity contribution is -0.142. The second-order valence-corrected chi connectivity index (χ2v) is 9.76. The Bertz CT molecular complexity index is 1350. The fourth-order valence-corrected chi connectivity index (χ4v) is 5.18. The lowest BCUT2D eigenvalue weighted by Crippen LogP contribution is -2.23. The number of hydrogen-bond acceptors (Lipinski definition) is 6. The number of hydrogen-bond donors (Lipinski definition) is 1. The standard InChI is InChI=1S/C28H29F2N3O4/c1-4-36-23-11-19(20(29)12-31-23)26-15(3)33-21(13-32-26)22-10-8-17-7-9-18(25(30)27(17)37-22)24(16-5-6-16)14(2)28(34)35/h7,9,11-14,16,22,24H,4-6,8,10H2,1-3H3,(H,34,35)/t14-,22?,24-/m0/s1. The third kappa shape index (κ3) is 4.86. The fourth-order valence-electron chi connectivity index (χ4n) is 5.18. The summed E-state index contributed by atoms with van der Waals surface area (Å²) in [6, 6.07) is 5.06. The quantitative estimate of drug-likeness (QED) is 0.410. The Morgan fingerprint density at radius 1 is 1.22 bits per heavy atom. The van der Waals surface area contributed by atoms with E-state index in [4.69, 9.17) is 9.47 Å². The average Bonchev–Trinajstić information content (AvgIpc) is 3.72. The number of ether oxygens (including phenoxy) is 2. The van der Waals surface area contributed by atoms with E-state index in [1.807, 2.05) is 13.0 Å². The summed E-state index contributed by atoms with van der Waals surface area (Å²) in [4.78, 5) is 24.7. The number of benzene rings is 1. The van der Waals surface area contributed by atoms with Gasteiger partial charge in [-0.2, -0.15) is 0 Å². The first-order chi connectivity index (χ1) is 17.8. The van der Waals surface area contributed by atoms with Gasteiger partial charge >= 0.3 is 5.97 Å². The van der Waals surface area contributed by atoms with Crippen LogP contribution in [0.1, 0.15) is 67.6 Å². The Morgan fingerprint density at radius 3 is 2.68 bits per heavy atom. The summed E-state index contributed by atoms with van der Waals surface area (Å²) >= 11 is 0. The largest absolute Gasteiger partial charge is 0.481 e. The van der Waals surface area contributed by atoms with Crippen molar-refractivity contribution >= 4 is 5.97 Å². The highest BCUT2D eigenvalue weighted by Crippen LogP contribution is 2.49. The number of nitrogens with zero attached hydrogens (tertiary/aromatic N) is 3. The first-order valence-corrected chi connectivity index (χ1v) is 12.6. The van der Waals surface area contributed by atoms with Crippen LogP contribution in [0.15, 0.2) is 30.6 Å². The van der Waals surface area contributed by atoms with Crippen molar-refractivity contribution in [1.82, 2.24) is 15.0 Å². The summed E-state index contributed by atoms with van der Waals surface area (Å²) in [5.41, 5.74) is 2.77. The maximum atomic E-state index is 15.8. The van der Waals surface area contributed by atoms with Crippen LogP contribution in [0.5, 0.6) is 11.6 Å². The van der Waals surface area contributed by atoms with E-state index in [1.165, 1.54) is 12.3 Å². The highest BCUT2D eigenvalue weighted by Gasteiger charge is 2.41. The van der Waals surface area contributed by atoms with Crippen molar-refractivity contribution in [2.24, 2.45) is 11.8 Å². The Kier molecular flexibility index (Phi) is 6.79. The monoisotopic (exact) mass is 509 g/mol. The van der Waals surface area contributed by atoms with Gasteiger partial charge in [-0.3, -0.25) is 14.8 Å². The number of carboxylic acid groups (broad SMARTS) is 1. The number of aliphatic carboxylic acids is 1. The predicted molar refractivity (Wildman–Crippen MR) is 131 cm³/mol. The molecule has 3 aromatic rings. The van der Waals surface area contributed by atoms with Gasteiger partial charge in [0, 0.05) is 17.5 Å². The second-order valence-electron chi connectivity index (χ2n) is 9.76. The number of pyridine rings is 1. The van der Waals surface area contributed by atoms with E-state index in [1.54, 1.807) is 19.9 Å². The molecular formula is C28H29F2N3O4. The molecule has 3 heterocycles. The molecule has 1 saturated carbocycles. The van der Waals surface area contributed by atoms with Crippen LogP contribution in [-0.2, 0) is 11.2 Å². The topological polar surface area (TPSA) is 94.4 Å². The van der Waals surface area contributed by atoms with Gasteiger partial charge in [-0.05, 0) is 56.6 Å². The highest BCUT2D eigenvalue weighted by molar-refractivity contribution is 5.71. The zero-order chi connectivity index (χ0) is 26.3. The van der Waals surface area contributed by atoms with Crippen molar-refractivity contribution in [2.75, 3.05) is 6.61 Å². The molecule has 2 aromatic heterocycles. The molecule has 0 spiro atoms. The van der Waals surface area contributed by atoms with E-state index in [9.17, 15) is 14.3 Å². The molecule has 3 atom stereocenters. The van der Waals surface area contributed by atoms with Crippen LogP contribution in [0, 0.1) is 30.4 Å². The third-order valence-corrected chi connectivity index (χ3v) is 7.23. The molecule has 0 amide bonds. The molecule has 2 aliphatic rings. The molecule has 0 radical (unpaired) electrons. The number of carboxylic acids is 1. The first-order valence-electron chi connectivity index (χ1n) is 12.6. The molecule has 1 aliphatic heterocycles. The summed E-state index contributed by atoms with van der Waals surface area (Å²) in [7, 11) is 0. The van der Waals surface area contributed by atoms with E-state index in [2.05, 4.69) is 15.0 Å². The van der Waals surface area contributed by atoms with Gasteiger partial charge in [-0.25, -0.2) is 13.8 Å². The molecule has 0 bridgehead atoms. The number of carbonyl (C=O) groups is 1. The second kappa shape index (κ2) is 10.0. The molecule has 1 unspecified atom stereocenters. The summed E-state index contributed by atoms with van der Waals surface area (Å²) in [5, 5.41) is 9.60. The highest BCUT2D eigenvalue weighted by atomic mass is 19.1. The lowest BCUT2D eigenvalue weighted by Gasteiger charge is -2.29. The molecule has 37 heavy (non-hydrogen) atoms. The molecular weight excluding hydrogens is 480 g/mol. The number of rotatable bonds is 8.